The van der Waals surface area contributed by atoms with E-state index in [4.69, 9.17) is 14.2 Å². The van der Waals surface area contributed by atoms with Gasteiger partial charge in [0.15, 0.2) is 0 Å². The fourth-order valence-corrected chi connectivity index (χ4v) is 2.65. The first kappa shape index (κ1) is 17.0. The number of ether oxygens (including phenoxy) is 3. The topological polar surface area (TPSA) is 129 Å². The van der Waals surface area contributed by atoms with Crippen molar-refractivity contribution in [2.75, 3.05) is 13.2 Å². The molecule has 2 rings (SSSR count). The zero-order valence-electron chi connectivity index (χ0n) is 12.1. The third-order valence-electron chi connectivity index (χ3n) is 4.13. The van der Waals surface area contributed by atoms with Gasteiger partial charge in [0.25, 0.3) is 0 Å². The van der Waals surface area contributed by atoms with Gasteiger partial charge in [0.1, 0.15) is 42.7 Å². The van der Waals surface area contributed by atoms with Crippen LogP contribution < -0.4 is 0 Å². The quantitative estimate of drug-likeness (QED) is 0.383. The van der Waals surface area contributed by atoms with Gasteiger partial charge in [-0.2, -0.15) is 0 Å². The highest BCUT2D eigenvalue weighted by Gasteiger charge is 2.43. The highest BCUT2D eigenvalue weighted by atomic mass is 16.6. The Morgan fingerprint density at radius 1 is 0.905 bits per heavy atom. The summed E-state index contributed by atoms with van der Waals surface area (Å²) in [6, 6.07) is 0. The molecule has 21 heavy (non-hydrogen) atoms. The Kier molecular flexibility index (Phi) is 5.55. The van der Waals surface area contributed by atoms with Gasteiger partial charge < -0.3 is 39.7 Å². The van der Waals surface area contributed by atoms with E-state index < -0.39 is 54.9 Å². The van der Waals surface area contributed by atoms with Crippen molar-refractivity contribution < 1.29 is 39.7 Å². The Hall–Kier alpha value is -0.320. The second-order valence-corrected chi connectivity index (χ2v) is 5.75. The molecular weight excluding hydrogens is 284 g/mol. The molecule has 0 spiro atoms. The van der Waals surface area contributed by atoms with Crippen LogP contribution in [0.1, 0.15) is 13.8 Å². The van der Waals surface area contributed by atoms with Crippen molar-refractivity contribution in [3.05, 3.63) is 0 Å². The van der Waals surface area contributed by atoms with Crippen molar-refractivity contribution in [2.45, 2.75) is 68.8 Å². The molecule has 0 aliphatic carbocycles. The van der Waals surface area contributed by atoms with E-state index in [0.29, 0.717) is 0 Å². The van der Waals surface area contributed by atoms with Crippen molar-refractivity contribution >= 4 is 0 Å². The maximum atomic E-state index is 9.90. The lowest BCUT2D eigenvalue weighted by Gasteiger charge is -2.41. The van der Waals surface area contributed by atoms with Crippen LogP contribution in [0.4, 0.5) is 0 Å². The zero-order valence-corrected chi connectivity index (χ0v) is 12.1. The number of hydrogen-bond donors (Lipinski definition) is 5. The van der Waals surface area contributed by atoms with Crippen LogP contribution in [0.5, 0.6) is 0 Å². The number of hydrogen-bond acceptors (Lipinski definition) is 8. The molecule has 0 radical (unpaired) electrons. The number of rotatable bonds is 3. The Balaban J connectivity index is 1.92. The average molecular weight is 308 g/mol. The van der Waals surface area contributed by atoms with Crippen molar-refractivity contribution in [1.29, 1.82) is 0 Å². The minimum atomic E-state index is -1.32. The van der Waals surface area contributed by atoms with Gasteiger partial charge in [-0.1, -0.05) is 0 Å². The van der Waals surface area contributed by atoms with Gasteiger partial charge >= 0.3 is 0 Å². The SMILES string of the molecule is CC1OC(COC2C(C)OCC(O)C2O)C(O)C(O)C1O. The summed E-state index contributed by atoms with van der Waals surface area (Å²) in [5, 5.41) is 48.7. The van der Waals surface area contributed by atoms with Crippen molar-refractivity contribution in [2.24, 2.45) is 0 Å². The maximum absolute atomic E-state index is 9.90. The van der Waals surface area contributed by atoms with Gasteiger partial charge in [-0.3, -0.25) is 0 Å². The minimum absolute atomic E-state index is 0.0344. The minimum Gasteiger partial charge on any atom is -0.388 e. The van der Waals surface area contributed by atoms with Crippen LogP contribution >= 0.6 is 0 Å². The normalized spacial score (nSPS) is 51.9. The molecule has 8 heteroatoms. The highest BCUT2D eigenvalue weighted by Crippen LogP contribution is 2.24. The Morgan fingerprint density at radius 3 is 2.24 bits per heavy atom. The summed E-state index contributed by atoms with van der Waals surface area (Å²) in [6.07, 6.45) is -8.57. The molecule has 2 fully saturated rings. The summed E-state index contributed by atoms with van der Waals surface area (Å²) in [5.41, 5.74) is 0. The van der Waals surface area contributed by atoms with Gasteiger partial charge in [0, 0.05) is 0 Å². The summed E-state index contributed by atoms with van der Waals surface area (Å²) >= 11 is 0. The van der Waals surface area contributed by atoms with Crippen LogP contribution in [0.15, 0.2) is 0 Å². The molecule has 0 aromatic carbocycles. The van der Waals surface area contributed by atoms with E-state index in [2.05, 4.69) is 0 Å². The second kappa shape index (κ2) is 6.84. The summed E-state index contributed by atoms with van der Waals surface area (Å²) in [6.45, 7) is 3.22. The molecule has 0 aromatic heterocycles. The van der Waals surface area contributed by atoms with Gasteiger partial charge in [0.05, 0.1) is 25.4 Å². The largest absolute Gasteiger partial charge is 0.388 e. The molecule has 9 atom stereocenters. The van der Waals surface area contributed by atoms with Gasteiger partial charge in [-0.05, 0) is 13.8 Å². The molecule has 0 aromatic rings. The Bertz CT molecular complexity index is 340. The second-order valence-electron chi connectivity index (χ2n) is 5.75. The predicted molar refractivity (Wildman–Crippen MR) is 69.5 cm³/mol. The third kappa shape index (κ3) is 3.54. The van der Waals surface area contributed by atoms with E-state index in [-0.39, 0.29) is 13.2 Å². The van der Waals surface area contributed by atoms with Crippen molar-refractivity contribution in [3.8, 4) is 0 Å². The van der Waals surface area contributed by atoms with Crippen LogP contribution in [0.3, 0.4) is 0 Å². The summed E-state index contributed by atoms with van der Waals surface area (Å²) in [7, 11) is 0. The molecule has 2 heterocycles. The fourth-order valence-electron chi connectivity index (χ4n) is 2.65. The zero-order chi connectivity index (χ0) is 15.7. The first-order valence-corrected chi connectivity index (χ1v) is 7.12. The average Bonchev–Trinajstić information content (AvgIpc) is 2.46. The first-order valence-electron chi connectivity index (χ1n) is 7.12. The van der Waals surface area contributed by atoms with Crippen LogP contribution in [0.2, 0.25) is 0 Å². The third-order valence-corrected chi connectivity index (χ3v) is 4.13. The Labute approximate surface area is 122 Å². The van der Waals surface area contributed by atoms with Crippen LogP contribution in [0, 0.1) is 0 Å². The smallest absolute Gasteiger partial charge is 0.112 e. The van der Waals surface area contributed by atoms with Crippen LogP contribution in [0.25, 0.3) is 0 Å². The standard InChI is InChI=1S/C13H24O8/c1-5-9(15)12(18)11(17)8(21-5)4-20-13-6(2)19-3-7(14)10(13)16/h5-18H,3-4H2,1-2H3. The van der Waals surface area contributed by atoms with Gasteiger partial charge in [0.2, 0.25) is 0 Å². The van der Waals surface area contributed by atoms with E-state index in [1.54, 1.807) is 13.8 Å². The van der Waals surface area contributed by atoms with Crippen LogP contribution in [-0.4, -0.2) is 93.7 Å². The van der Waals surface area contributed by atoms with E-state index in [9.17, 15) is 25.5 Å². The monoisotopic (exact) mass is 308 g/mol. The molecule has 9 unspecified atom stereocenters. The number of aliphatic hydroxyl groups excluding tert-OH is 5. The maximum Gasteiger partial charge on any atom is 0.112 e. The first-order chi connectivity index (χ1) is 9.82. The molecular formula is C13H24O8. The van der Waals surface area contributed by atoms with Crippen molar-refractivity contribution in [1.82, 2.24) is 0 Å². The molecule has 0 bridgehead atoms. The lowest BCUT2D eigenvalue weighted by atomic mass is 9.96. The highest BCUT2D eigenvalue weighted by molar-refractivity contribution is 4.91. The van der Waals surface area contributed by atoms with E-state index >= 15 is 0 Å². The van der Waals surface area contributed by atoms with Crippen molar-refractivity contribution in [3.63, 3.8) is 0 Å². The molecule has 5 N–H and O–H groups in total. The van der Waals surface area contributed by atoms with Crippen LogP contribution in [-0.2, 0) is 14.2 Å². The number of aliphatic hydroxyl groups is 5. The van der Waals surface area contributed by atoms with E-state index in [0.717, 1.165) is 0 Å². The molecule has 0 saturated carbocycles. The van der Waals surface area contributed by atoms with Gasteiger partial charge in [-0.15, -0.1) is 0 Å². The molecule has 124 valence electrons. The summed E-state index contributed by atoms with van der Waals surface area (Å²) in [4.78, 5) is 0. The molecule has 2 aliphatic heterocycles. The lowest BCUT2D eigenvalue weighted by molar-refractivity contribution is -0.249. The lowest BCUT2D eigenvalue weighted by Crippen LogP contribution is -2.59. The summed E-state index contributed by atoms with van der Waals surface area (Å²) in [5.74, 6) is 0. The molecule has 2 aliphatic rings. The summed E-state index contributed by atoms with van der Waals surface area (Å²) < 4.78 is 16.2. The fraction of sp³-hybridized carbons (Fsp3) is 1.00. The molecule has 2 saturated heterocycles. The Morgan fingerprint density at radius 2 is 1.57 bits per heavy atom. The molecule has 8 nitrogen and oxygen atoms in total. The van der Waals surface area contributed by atoms with E-state index in [1.165, 1.54) is 0 Å². The van der Waals surface area contributed by atoms with E-state index in [1.807, 2.05) is 0 Å². The van der Waals surface area contributed by atoms with Gasteiger partial charge in [-0.25, -0.2) is 0 Å². The predicted octanol–water partition coefficient (Wildman–Crippen LogP) is -2.62. The molecule has 0 amide bonds.